The number of nitrogens with one attached hydrogen (secondary N) is 1. The van der Waals surface area contributed by atoms with Crippen molar-refractivity contribution in [3.8, 4) is 0 Å². The predicted molar refractivity (Wildman–Crippen MR) is 72.5 cm³/mol. The van der Waals surface area contributed by atoms with Gasteiger partial charge in [-0.2, -0.15) is 0 Å². The molecule has 0 aliphatic heterocycles. The van der Waals surface area contributed by atoms with Crippen molar-refractivity contribution in [1.29, 1.82) is 0 Å². The minimum Gasteiger partial charge on any atom is -0.353 e. The van der Waals surface area contributed by atoms with Gasteiger partial charge in [-0.15, -0.1) is 0 Å². The van der Waals surface area contributed by atoms with E-state index in [2.05, 4.69) is 55.1 Å². The molecule has 0 aromatic carbocycles. The maximum absolute atomic E-state index is 4.52. The Morgan fingerprint density at radius 2 is 1.88 bits per heavy atom. The summed E-state index contributed by atoms with van der Waals surface area (Å²) in [5, 5.41) is 3.30. The Balaban J connectivity index is 2.71. The molecule has 1 N–H and O–H groups in total. The highest BCUT2D eigenvalue weighted by atomic mass is 15.2. The van der Waals surface area contributed by atoms with E-state index in [1.165, 1.54) is 0 Å². The first-order valence-corrected chi connectivity index (χ1v) is 6.16. The van der Waals surface area contributed by atoms with E-state index in [-0.39, 0.29) is 0 Å². The van der Waals surface area contributed by atoms with Crippen LogP contribution in [0.5, 0.6) is 0 Å². The fourth-order valence-electron chi connectivity index (χ4n) is 1.39. The number of aromatic nitrogens is 2. The first kappa shape index (κ1) is 13.9. The predicted octanol–water partition coefficient (Wildman–Crippen LogP) is 2.27. The average Bonchev–Trinajstić information content (AvgIpc) is 2.24. The molecule has 1 heterocycles. The van der Waals surface area contributed by atoms with Crippen LogP contribution in [0.2, 0.25) is 0 Å². The van der Waals surface area contributed by atoms with E-state index in [0.29, 0.717) is 12.0 Å². The molecule has 0 amide bonds. The number of hydrogen-bond donors (Lipinski definition) is 1. The van der Waals surface area contributed by atoms with Crippen molar-refractivity contribution >= 4 is 5.95 Å². The summed E-state index contributed by atoms with van der Waals surface area (Å²) in [6, 6.07) is 2.51. The van der Waals surface area contributed by atoms with E-state index in [1.807, 2.05) is 13.0 Å². The molecule has 0 spiro atoms. The first-order chi connectivity index (χ1) is 7.90. The van der Waals surface area contributed by atoms with Crippen molar-refractivity contribution in [3.63, 3.8) is 0 Å². The molecule has 0 radical (unpaired) electrons. The van der Waals surface area contributed by atoms with Crippen LogP contribution in [0, 0.1) is 6.92 Å². The molecule has 0 aliphatic rings. The molecular formula is C13H24N4. The molecule has 0 saturated carbocycles. The molecule has 0 aliphatic carbocycles. The standard InChI is InChI=1S/C13H24N4/c1-9(2)12-7-10(3)15-13(16-12)14-8-11(4)17(5)6/h7,9,11H,8H2,1-6H3,(H,14,15,16). The Hall–Kier alpha value is -1.16. The van der Waals surface area contributed by atoms with E-state index in [0.717, 1.165) is 23.9 Å². The Bertz CT molecular complexity index is 360. The van der Waals surface area contributed by atoms with E-state index < -0.39 is 0 Å². The van der Waals surface area contributed by atoms with Crippen molar-refractivity contribution in [1.82, 2.24) is 14.9 Å². The van der Waals surface area contributed by atoms with Crippen LogP contribution >= 0.6 is 0 Å². The summed E-state index contributed by atoms with van der Waals surface area (Å²) < 4.78 is 0. The Morgan fingerprint density at radius 1 is 1.24 bits per heavy atom. The molecule has 0 bridgehead atoms. The van der Waals surface area contributed by atoms with E-state index in [4.69, 9.17) is 0 Å². The normalized spacial score (nSPS) is 13.2. The van der Waals surface area contributed by atoms with Gasteiger partial charge in [0.25, 0.3) is 0 Å². The topological polar surface area (TPSA) is 41.1 Å². The second-order valence-corrected chi connectivity index (χ2v) is 5.11. The van der Waals surface area contributed by atoms with Gasteiger partial charge in [-0.05, 0) is 39.9 Å². The molecular weight excluding hydrogens is 212 g/mol. The van der Waals surface area contributed by atoms with Crippen molar-refractivity contribution in [2.24, 2.45) is 0 Å². The van der Waals surface area contributed by atoms with Crippen molar-refractivity contribution in [2.75, 3.05) is 26.0 Å². The summed E-state index contributed by atoms with van der Waals surface area (Å²) in [7, 11) is 4.14. The van der Waals surface area contributed by atoms with Crippen molar-refractivity contribution in [3.05, 3.63) is 17.5 Å². The average molecular weight is 236 g/mol. The second kappa shape index (κ2) is 5.96. The molecule has 17 heavy (non-hydrogen) atoms. The van der Waals surface area contributed by atoms with Crippen LogP contribution in [0.25, 0.3) is 0 Å². The van der Waals surface area contributed by atoms with Gasteiger partial charge in [0.2, 0.25) is 5.95 Å². The first-order valence-electron chi connectivity index (χ1n) is 6.16. The zero-order valence-corrected chi connectivity index (χ0v) is 11.8. The van der Waals surface area contributed by atoms with Gasteiger partial charge < -0.3 is 10.2 Å². The summed E-state index contributed by atoms with van der Waals surface area (Å²) in [4.78, 5) is 11.1. The highest BCUT2D eigenvalue weighted by Crippen LogP contribution is 2.14. The van der Waals surface area contributed by atoms with Crippen LogP contribution in [0.15, 0.2) is 6.07 Å². The van der Waals surface area contributed by atoms with Crippen LogP contribution < -0.4 is 5.32 Å². The van der Waals surface area contributed by atoms with E-state index in [9.17, 15) is 0 Å². The van der Waals surface area contributed by atoms with Gasteiger partial charge in [-0.25, -0.2) is 9.97 Å². The summed E-state index contributed by atoms with van der Waals surface area (Å²) in [6.07, 6.45) is 0. The monoisotopic (exact) mass is 236 g/mol. The number of aryl methyl sites for hydroxylation is 1. The molecule has 96 valence electrons. The van der Waals surface area contributed by atoms with Gasteiger partial charge in [0.05, 0.1) is 0 Å². The zero-order chi connectivity index (χ0) is 13.0. The summed E-state index contributed by atoms with van der Waals surface area (Å²) >= 11 is 0. The number of anilines is 1. The fourth-order valence-corrected chi connectivity index (χ4v) is 1.39. The molecule has 1 aromatic rings. The van der Waals surface area contributed by atoms with Gasteiger partial charge in [0, 0.05) is 24.0 Å². The van der Waals surface area contributed by atoms with Crippen molar-refractivity contribution in [2.45, 2.75) is 39.7 Å². The summed E-state index contributed by atoms with van der Waals surface area (Å²) in [5.41, 5.74) is 2.11. The molecule has 0 fully saturated rings. The summed E-state index contributed by atoms with van der Waals surface area (Å²) in [6.45, 7) is 9.33. The third kappa shape index (κ3) is 4.30. The second-order valence-electron chi connectivity index (χ2n) is 5.11. The fraction of sp³-hybridized carbons (Fsp3) is 0.692. The zero-order valence-electron chi connectivity index (χ0n) is 11.8. The lowest BCUT2D eigenvalue weighted by Crippen LogP contribution is -2.32. The van der Waals surface area contributed by atoms with E-state index >= 15 is 0 Å². The largest absolute Gasteiger partial charge is 0.353 e. The van der Waals surface area contributed by atoms with Crippen LogP contribution in [0.1, 0.15) is 38.1 Å². The summed E-state index contributed by atoms with van der Waals surface area (Å²) in [5.74, 6) is 1.17. The SMILES string of the molecule is Cc1cc(C(C)C)nc(NCC(C)N(C)C)n1. The quantitative estimate of drug-likeness (QED) is 0.851. The number of nitrogens with zero attached hydrogens (tertiary/aromatic N) is 3. The molecule has 4 nitrogen and oxygen atoms in total. The lowest BCUT2D eigenvalue weighted by Gasteiger charge is -2.20. The third-order valence-corrected chi connectivity index (χ3v) is 2.90. The number of hydrogen-bond acceptors (Lipinski definition) is 4. The highest BCUT2D eigenvalue weighted by Gasteiger charge is 2.08. The Labute approximate surface area is 104 Å². The van der Waals surface area contributed by atoms with Gasteiger partial charge in [0.15, 0.2) is 0 Å². The van der Waals surface area contributed by atoms with Gasteiger partial charge in [0.1, 0.15) is 0 Å². The van der Waals surface area contributed by atoms with Gasteiger partial charge in [-0.1, -0.05) is 13.8 Å². The molecule has 0 saturated heterocycles. The van der Waals surface area contributed by atoms with Gasteiger partial charge >= 0.3 is 0 Å². The van der Waals surface area contributed by atoms with E-state index in [1.54, 1.807) is 0 Å². The molecule has 1 atom stereocenters. The lowest BCUT2D eigenvalue weighted by molar-refractivity contribution is 0.325. The number of rotatable bonds is 5. The Kier molecular flexibility index (Phi) is 4.87. The molecule has 1 unspecified atom stereocenters. The third-order valence-electron chi connectivity index (χ3n) is 2.90. The maximum atomic E-state index is 4.52. The minimum absolute atomic E-state index is 0.434. The number of likely N-dealkylation sites (N-methyl/N-ethyl adjacent to an activating group) is 1. The van der Waals surface area contributed by atoms with Crippen LogP contribution in [0.4, 0.5) is 5.95 Å². The molecule has 1 rings (SSSR count). The molecule has 4 heteroatoms. The minimum atomic E-state index is 0.434. The van der Waals surface area contributed by atoms with Crippen LogP contribution in [0.3, 0.4) is 0 Å². The smallest absolute Gasteiger partial charge is 0.223 e. The van der Waals surface area contributed by atoms with Gasteiger partial charge in [-0.3, -0.25) is 0 Å². The lowest BCUT2D eigenvalue weighted by atomic mass is 10.1. The molecule has 1 aromatic heterocycles. The maximum Gasteiger partial charge on any atom is 0.223 e. The highest BCUT2D eigenvalue weighted by molar-refractivity contribution is 5.29. The van der Waals surface area contributed by atoms with Crippen molar-refractivity contribution < 1.29 is 0 Å². The van der Waals surface area contributed by atoms with Crippen LogP contribution in [-0.2, 0) is 0 Å². The van der Waals surface area contributed by atoms with Crippen LogP contribution in [-0.4, -0.2) is 41.5 Å². The Morgan fingerprint density at radius 3 is 2.41 bits per heavy atom.